The van der Waals surface area contributed by atoms with Gasteiger partial charge in [-0.1, -0.05) is 11.6 Å². The fourth-order valence-corrected chi connectivity index (χ4v) is 1.30. The van der Waals surface area contributed by atoms with Crippen molar-refractivity contribution < 1.29 is 4.74 Å². The summed E-state index contributed by atoms with van der Waals surface area (Å²) >= 11 is 8.99. The van der Waals surface area contributed by atoms with Gasteiger partial charge in [-0.2, -0.15) is 0 Å². The van der Waals surface area contributed by atoms with E-state index >= 15 is 0 Å². The highest BCUT2D eigenvalue weighted by atomic mass is 79.9. The van der Waals surface area contributed by atoms with E-state index < -0.39 is 0 Å². The Bertz CT molecular complexity index is 277. The summed E-state index contributed by atoms with van der Waals surface area (Å²) in [5, 5.41) is 0.380. The van der Waals surface area contributed by atoms with E-state index in [2.05, 4.69) is 20.9 Å². The molecule has 1 heterocycles. The minimum atomic E-state index is 0.380. The second-order valence-electron chi connectivity index (χ2n) is 2.09. The van der Waals surface area contributed by atoms with Crippen LogP contribution in [0.4, 0.5) is 0 Å². The Balaban J connectivity index is 3.21. The normalized spacial score (nSPS) is 9.82. The van der Waals surface area contributed by atoms with Crippen molar-refractivity contribution in [1.82, 2.24) is 4.98 Å². The van der Waals surface area contributed by atoms with Crippen LogP contribution in [0.5, 0.6) is 5.75 Å². The average Bonchev–Trinajstić information content (AvgIpc) is 1.97. The van der Waals surface area contributed by atoms with Crippen LogP contribution in [0.2, 0.25) is 5.15 Å². The Morgan fingerprint density at radius 2 is 2.27 bits per heavy atom. The standard InChI is InChI=1S/C7H7BrClNO/c1-4-3-5(11-2)7(9)10-6(4)8/h3H,1-2H3. The Labute approximate surface area is 78.7 Å². The summed E-state index contributed by atoms with van der Waals surface area (Å²) in [4.78, 5) is 4.00. The molecule has 1 aromatic rings. The Kier molecular flexibility index (Phi) is 2.73. The summed E-state index contributed by atoms with van der Waals surface area (Å²) in [6.07, 6.45) is 0. The number of pyridine rings is 1. The third kappa shape index (κ3) is 1.84. The lowest BCUT2D eigenvalue weighted by atomic mass is 10.3. The molecule has 2 nitrogen and oxygen atoms in total. The number of hydrogen-bond acceptors (Lipinski definition) is 2. The van der Waals surface area contributed by atoms with Gasteiger partial charge >= 0.3 is 0 Å². The molecule has 60 valence electrons. The molecule has 0 aliphatic heterocycles. The molecule has 0 atom stereocenters. The number of hydrogen-bond donors (Lipinski definition) is 0. The van der Waals surface area contributed by atoms with E-state index in [0.717, 1.165) is 10.2 Å². The highest BCUT2D eigenvalue weighted by molar-refractivity contribution is 9.10. The predicted molar refractivity (Wildman–Crippen MR) is 48.2 cm³/mol. The van der Waals surface area contributed by atoms with Crippen molar-refractivity contribution in [2.24, 2.45) is 0 Å². The van der Waals surface area contributed by atoms with E-state index in [1.807, 2.05) is 13.0 Å². The van der Waals surface area contributed by atoms with E-state index in [9.17, 15) is 0 Å². The number of halogens is 2. The lowest BCUT2D eigenvalue weighted by Gasteiger charge is -2.03. The smallest absolute Gasteiger partial charge is 0.172 e. The maximum Gasteiger partial charge on any atom is 0.172 e. The largest absolute Gasteiger partial charge is 0.494 e. The zero-order valence-corrected chi connectivity index (χ0v) is 8.53. The Morgan fingerprint density at radius 3 is 2.82 bits per heavy atom. The molecule has 0 aromatic carbocycles. The van der Waals surface area contributed by atoms with E-state index in [1.165, 1.54) is 0 Å². The average molecular weight is 236 g/mol. The van der Waals surface area contributed by atoms with Crippen LogP contribution in [0.15, 0.2) is 10.7 Å². The molecule has 0 unspecified atom stereocenters. The number of aryl methyl sites for hydroxylation is 1. The van der Waals surface area contributed by atoms with Gasteiger partial charge in [0.15, 0.2) is 10.9 Å². The van der Waals surface area contributed by atoms with Crippen molar-refractivity contribution in [3.8, 4) is 5.75 Å². The molecule has 0 fully saturated rings. The van der Waals surface area contributed by atoms with Crippen molar-refractivity contribution in [3.05, 3.63) is 21.4 Å². The molecule has 0 bridgehead atoms. The van der Waals surface area contributed by atoms with Gasteiger partial charge in [-0.15, -0.1) is 0 Å². The van der Waals surface area contributed by atoms with Crippen molar-refractivity contribution in [2.45, 2.75) is 6.92 Å². The van der Waals surface area contributed by atoms with Crippen LogP contribution in [0, 0.1) is 6.92 Å². The second kappa shape index (κ2) is 3.41. The van der Waals surface area contributed by atoms with Gasteiger partial charge in [0, 0.05) is 0 Å². The third-order valence-electron chi connectivity index (χ3n) is 1.29. The summed E-state index contributed by atoms with van der Waals surface area (Å²) in [7, 11) is 1.57. The van der Waals surface area contributed by atoms with Gasteiger partial charge in [-0.05, 0) is 34.5 Å². The molecule has 0 saturated carbocycles. The minimum absolute atomic E-state index is 0.380. The first-order chi connectivity index (χ1) is 5.15. The van der Waals surface area contributed by atoms with Crippen LogP contribution in [-0.2, 0) is 0 Å². The summed E-state index contributed by atoms with van der Waals surface area (Å²) in [6.45, 7) is 1.93. The monoisotopic (exact) mass is 235 g/mol. The van der Waals surface area contributed by atoms with E-state index in [1.54, 1.807) is 7.11 Å². The number of aromatic nitrogens is 1. The summed E-state index contributed by atoms with van der Waals surface area (Å²) < 4.78 is 5.72. The molecule has 0 radical (unpaired) electrons. The number of nitrogens with zero attached hydrogens (tertiary/aromatic N) is 1. The second-order valence-corrected chi connectivity index (χ2v) is 3.20. The topological polar surface area (TPSA) is 22.1 Å². The van der Waals surface area contributed by atoms with Crippen LogP contribution in [0.25, 0.3) is 0 Å². The lowest BCUT2D eigenvalue weighted by Crippen LogP contribution is -1.89. The first-order valence-electron chi connectivity index (χ1n) is 3.01. The molecule has 1 aromatic heterocycles. The van der Waals surface area contributed by atoms with Gasteiger partial charge in [0.25, 0.3) is 0 Å². The summed E-state index contributed by atoms with van der Waals surface area (Å²) in [5.41, 5.74) is 1.01. The molecule has 1 rings (SSSR count). The molecular formula is C7H7BrClNO. The minimum Gasteiger partial charge on any atom is -0.494 e. The quantitative estimate of drug-likeness (QED) is 0.700. The van der Waals surface area contributed by atoms with E-state index in [4.69, 9.17) is 16.3 Å². The Hall–Kier alpha value is -0.280. The van der Waals surface area contributed by atoms with Crippen LogP contribution >= 0.6 is 27.5 Å². The van der Waals surface area contributed by atoms with Gasteiger partial charge in [0.05, 0.1) is 7.11 Å². The van der Waals surface area contributed by atoms with Crippen molar-refractivity contribution in [2.75, 3.05) is 7.11 Å². The molecular weight excluding hydrogens is 229 g/mol. The number of ether oxygens (including phenoxy) is 1. The summed E-state index contributed by atoms with van der Waals surface area (Å²) in [6, 6.07) is 1.83. The highest BCUT2D eigenvalue weighted by Crippen LogP contribution is 2.26. The molecule has 0 N–H and O–H groups in total. The van der Waals surface area contributed by atoms with Crippen molar-refractivity contribution in [3.63, 3.8) is 0 Å². The third-order valence-corrected chi connectivity index (χ3v) is 2.37. The highest BCUT2D eigenvalue weighted by Gasteiger charge is 2.04. The summed E-state index contributed by atoms with van der Waals surface area (Å²) in [5.74, 6) is 0.604. The van der Waals surface area contributed by atoms with Gasteiger partial charge in [-0.25, -0.2) is 4.98 Å². The first kappa shape index (κ1) is 8.81. The van der Waals surface area contributed by atoms with Gasteiger partial charge in [0.1, 0.15) is 4.60 Å². The van der Waals surface area contributed by atoms with E-state index in [-0.39, 0.29) is 0 Å². The molecule has 11 heavy (non-hydrogen) atoms. The van der Waals surface area contributed by atoms with Gasteiger partial charge in [0.2, 0.25) is 0 Å². The lowest BCUT2D eigenvalue weighted by molar-refractivity contribution is 0.412. The van der Waals surface area contributed by atoms with Crippen LogP contribution in [-0.4, -0.2) is 12.1 Å². The molecule has 4 heteroatoms. The molecule has 0 amide bonds. The van der Waals surface area contributed by atoms with Crippen molar-refractivity contribution in [1.29, 1.82) is 0 Å². The maximum atomic E-state index is 5.74. The predicted octanol–water partition coefficient (Wildman–Crippen LogP) is 2.81. The molecule has 0 aliphatic carbocycles. The zero-order valence-electron chi connectivity index (χ0n) is 6.19. The molecule has 0 saturated heterocycles. The maximum absolute atomic E-state index is 5.74. The first-order valence-corrected chi connectivity index (χ1v) is 4.19. The number of methoxy groups -OCH3 is 1. The van der Waals surface area contributed by atoms with Crippen LogP contribution in [0.1, 0.15) is 5.56 Å². The van der Waals surface area contributed by atoms with Crippen LogP contribution < -0.4 is 4.74 Å². The fourth-order valence-electron chi connectivity index (χ4n) is 0.688. The zero-order chi connectivity index (χ0) is 8.43. The number of rotatable bonds is 1. The van der Waals surface area contributed by atoms with E-state index in [0.29, 0.717) is 10.9 Å². The molecule has 0 spiro atoms. The van der Waals surface area contributed by atoms with Gasteiger partial charge in [-0.3, -0.25) is 0 Å². The van der Waals surface area contributed by atoms with Gasteiger partial charge < -0.3 is 4.74 Å². The SMILES string of the molecule is COc1cc(C)c(Br)nc1Cl. The van der Waals surface area contributed by atoms with Crippen LogP contribution in [0.3, 0.4) is 0 Å². The Morgan fingerprint density at radius 1 is 1.64 bits per heavy atom. The molecule has 0 aliphatic rings. The van der Waals surface area contributed by atoms with Crippen molar-refractivity contribution >= 4 is 27.5 Å². The fraction of sp³-hybridized carbons (Fsp3) is 0.286.